The van der Waals surface area contributed by atoms with Crippen LogP contribution in [0.15, 0.2) is 6.07 Å². The van der Waals surface area contributed by atoms with Crippen LogP contribution in [0.3, 0.4) is 0 Å². The molecule has 1 amide bonds. The second kappa shape index (κ2) is 7.27. The number of rotatable bonds is 4. The van der Waals surface area contributed by atoms with Gasteiger partial charge in [-0.3, -0.25) is 9.89 Å². The summed E-state index contributed by atoms with van der Waals surface area (Å²) in [6.45, 7) is 5.31. The number of nitrogens with one attached hydrogen (secondary N) is 2. The number of aromatic amines is 1. The van der Waals surface area contributed by atoms with Crippen LogP contribution in [-0.4, -0.2) is 46.7 Å². The Bertz CT molecular complexity index is 493. The summed E-state index contributed by atoms with van der Waals surface area (Å²) >= 11 is 0. The van der Waals surface area contributed by atoms with Gasteiger partial charge in [0, 0.05) is 24.8 Å². The predicted octanol–water partition coefficient (Wildman–Crippen LogP) is 2.49. The molecule has 3 rings (SSSR count). The number of carbonyl (C=O) groups is 1. The van der Waals surface area contributed by atoms with Crippen molar-refractivity contribution in [2.24, 2.45) is 5.92 Å². The van der Waals surface area contributed by atoms with Gasteiger partial charge >= 0.3 is 0 Å². The molecule has 5 heteroatoms. The van der Waals surface area contributed by atoms with Crippen molar-refractivity contribution < 1.29 is 4.79 Å². The van der Waals surface area contributed by atoms with Crippen molar-refractivity contribution in [2.75, 3.05) is 19.6 Å². The summed E-state index contributed by atoms with van der Waals surface area (Å²) in [6, 6.07) is 2.07. The molecule has 1 aliphatic heterocycles. The second-order valence-electron chi connectivity index (χ2n) is 7.01. The molecule has 1 saturated carbocycles. The molecule has 2 N–H and O–H groups in total. The fraction of sp³-hybridized carbons (Fsp3) is 0.765. The summed E-state index contributed by atoms with van der Waals surface area (Å²) in [5, 5.41) is 10.0. The van der Waals surface area contributed by atoms with E-state index in [0.717, 1.165) is 24.6 Å². The Morgan fingerprint density at radius 2 is 2.14 bits per heavy atom. The van der Waals surface area contributed by atoms with Gasteiger partial charge in [-0.05, 0) is 51.1 Å². The molecule has 0 aromatic carbocycles. The van der Waals surface area contributed by atoms with Crippen molar-refractivity contribution in [3.63, 3.8) is 0 Å². The molecule has 5 nitrogen and oxygen atoms in total. The van der Waals surface area contributed by atoms with Crippen molar-refractivity contribution in [3.05, 3.63) is 17.5 Å². The molecule has 1 atom stereocenters. The number of carbonyl (C=O) groups excluding carboxylic acids is 1. The van der Waals surface area contributed by atoms with Crippen LogP contribution in [0.1, 0.15) is 61.1 Å². The lowest BCUT2D eigenvalue weighted by Crippen LogP contribution is -2.49. The van der Waals surface area contributed by atoms with Crippen LogP contribution in [0.2, 0.25) is 0 Å². The molecule has 122 valence electrons. The van der Waals surface area contributed by atoms with E-state index in [0.29, 0.717) is 5.69 Å². The van der Waals surface area contributed by atoms with Gasteiger partial charge in [0.25, 0.3) is 5.91 Å². The highest BCUT2D eigenvalue weighted by Crippen LogP contribution is 2.25. The van der Waals surface area contributed by atoms with Crippen molar-refractivity contribution in [2.45, 2.75) is 57.9 Å². The van der Waals surface area contributed by atoms with Gasteiger partial charge < -0.3 is 10.2 Å². The fourth-order valence-corrected chi connectivity index (χ4v) is 3.87. The lowest BCUT2D eigenvalue weighted by Gasteiger charge is -2.36. The fourth-order valence-electron chi connectivity index (χ4n) is 3.87. The topological polar surface area (TPSA) is 61.0 Å². The van der Waals surface area contributed by atoms with Crippen LogP contribution < -0.4 is 5.32 Å². The zero-order valence-corrected chi connectivity index (χ0v) is 13.6. The molecule has 1 unspecified atom stereocenters. The summed E-state index contributed by atoms with van der Waals surface area (Å²) in [5.74, 6) is 0.825. The first-order chi connectivity index (χ1) is 10.7. The summed E-state index contributed by atoms with van der Waals surface area (Å²) < 4.78 is 0. The van der Waals surface area contributed by atoms with Crippen LogP contribution in [0.4, 0.5) is 0 Å². The third kappa shape index (κ3) is 4.09. The maximum absolute atomic E-state index is 12.2. The first-order valence-electron chi connectivity index (χ1n) is 8.76. The minimum Gasteiger partial charge on any atom is -0.347 e. The Morgan fingerprint density at radius 3 is 2.86 bits per heavy atom. The van der Waals surface area contributed by atoms with E-state index < -0.39 is 0 Å². The SMILES string of the molecule is Cc1cc(C(=O)NC2CCCN(CC3CCCCC3)C2)n[nH]1. The van der Waals surface area contributed by atoms with Gasteiger partial charge in [-0.1, -0.05) is 19.3 Å². The maximum atomic E-state index is 12.2. The molecule has 0 radical (unpaired) electrons. The van der Waals surface area contributed by atoms with E-state index in [4.69, 9.17) is 0 Å². The number of hydrogen-bond acceptors (Lipinski definition) is 3. The number of aryl methyl sites for hydroxylation is 1. The average molecular weight is 304 g/mol. The van der Waals surface area contributed by atoms with E-state index in [-0.39, 0.29) is 11.9 Å². The average Bonchev–Trinajstić information content (AvgIpc) is 2.95. The molecule has 1 saturated heterocycles. The minimum atomic E-state index is -0.0473. The standard InChI is InChI=1S/C17H28N4O/c1-13-10-16(20-19-13)17(22)18-15-8-5-9-21(12-15)11-14-6-3-2-4-7-14/h10,14-15H,2-9,11-12H2,1H3,(H,18,22)(H,19,20). The zero-order chi connectivity index (χ0) is 15.4. The smallest absolute Gasteiger partial charge is 0.272 e. The molecule has 0 spiro atoms. The molecule has 0 bridgehead atoms. The molecule has 1 aromatic rings. The molecular formula is C17H28N4O. The van der Waals surface area contributed by atoms with E-state index in [1.165, 1.54) is 51.6 Å². The number of likely N-dealkylation sites (tertiary alicyclic amines) is 1. The molecule has 2 aliphatic rings. The minimum absolute atomic E-state index is 0.0473. The van der Waals surface area contributed by atoms with Crippen molar-refractivity contribution in [1.82, 2.24) is 20.4 Å². The van der Waals surface area contributed by atoms with Gasteiger partial charge in [-0.15, -0.1) is 0 Å². The Labute approximate surface area is 132 Å². The lowest BCUT2D eigenvalue weighted by atomic mass is 9.88. The molecule has 2 heterocycles. The second-order valence-corrected chi connectivity index (χ2v) is 7.01. The Balaban J connectivity index is 1.48. The first kappa shape index (κ1) is 15.5. The largest absolute Gasteiger partial charge is 0.347 e. The summed E-state index contributed by atoms with van der Waals surface area (Å²) in [4.78, 5) is 14.8. The van der Waals surface area contributed by atoms with Crippen LogP contribution in [-0.2, 0) is 0 Å². The highest BCUT2D eigenvalue weighted by molar-refractivity contribution is 5.92. The molecule has 1 aromatic heterocycles. The van der Waals surface area contributed by atoms with Crippen molar-refractivity contribution in [1.29, 1.82) is 0 Å². The predicted molar refractivity (Wildman–Crippen MR) is 86.8 cm³/mol. The normalized spacial score (nSPS) is 24.3. The third-order valence-corrected chi connectivity index (χ3v) is 5.02. The van der Waals surface area contributed by atoms with Gasteiger partial charge in [0.05, 0.1) is 0 Å². The Kier molecular flexibility index (Phi) is 5.13. The number of hydrogen-bond donors (Lipinski definition) is 2. The number of amides is 1. The van der Waals surface area contributed by atoms with Gasteiger partial charge in [0.1, 0.15) is 5.69 Å². The van der Waals surface area contributed by atoms with E-state index in [1.807, 2.05) is 6.92 Å². The van der Waals surface area contributed by atoms with E-state index in [2.05, 4.69) is 20.4 Å². The maximum Gasteiger partial charge on any atom is 0.272 e. The molecular weight excluding hydrogens is 276 g/mol. The van der Waals surface area contributed by atoms with E-state index >= 15 is 0 Å². The highest BCUT2D eigenvalue weighted by atomic mass is 16.2. The monoisotopic (exact) mass is 304 g/mol. The lowest BCUT2D eigenvalue weighted by molar-refractivity contribution is 0.0885. The number of piperidine rings is 1. The van der Waals surface area contributed by atoms with Gasteiger partial charge in [-0.25, -0.2) is 0 Å². The summed E-state index contributed by atoms with van der Waals surface area (Å²) in [7, 11) is 0. The Hall–Kier alpha value is -1.36. The molecule has 22 heavy (non-hydrogen) atoms. The highest BCUT2D eigenvalue weighted by Gasteiger charge is 2.25. The number of nitrogens with zero attached hydrogens (tertiary/aromatic N) is 2. The van der Waals surface area contributed by atoms with Crippen molar-refractivity contribution in [3.8, 4) is 0 Å². The quantitative estimate of drug-likeness (QED) is 0.898. The third-order valence-electron chi connectivity index (χ3n) is 5.02. The van der Waals surface area contributed by atoms with Crippen molar-refractivity contribution >= 4 is 5.91 Å². The van der Waals surface area contributed by atoms with Gasteiger partial charge in [0.2, 0.25) is 0 Å². The van der Waals surface area contributed by atoms with Gasteiger partial charge in [-0.2, -0.15) is 5.10 Å². The summed E-state index contributed by atoms with van der Waals surface area (Å²) in [5.41, 5.74) is 1.43. The number of aromatic nitrogens is 2. The van der Waals surface area contributed by atoms with E-state index in [1.54, 1.807) is 6.07 Å². The first-order valence-corrected chi connectivity index (χ1v) is 8.76. The van der Waals surface area contributed by atoms with Gasteiger partial charge in [0.15, 0.2) is 0 Å². The van der Waals surface area contributed by atoms with Crippen LogP contribution in [0.5, 0.6) is 0 Å². The van der Waals surface area contributed by atoms with Crippen LogP contribution in [0, 0.1) is 12.8 Å². The molecule has 2 fully saturated rings. The number of H-pyrrole nitrogens is 1. The summed E-state index contributed by atoms with van der Waals surface area (Å²) in [6.07, 6.45) is 9.25. The van der Waals surface area contributed by atoms with Crippen LogP contribution >= 0.6 is 0 Å². The molecule has 1 aliphatic carbocycles. The van der Waals surface area contributed by atoms with Crippen LogP contribution in [0.25, 0.3) is 0 Å². The Morgan fingerprint density at radius 1 is 1.32 bits per heavy atom. The zero-order valence-electron chi connectivity index (χ0n) is 13.6. The van der Waals surface area contributed by atoms with E-state index in [9.17, 15) is 4.79 Å².